The first-order valence-electron chi connectivity index (χ1n) is 9.38. The molecular weight excluding hydrogens is 330 g/mol. The van der Waals surface area contributed by atoms with Crippen LogP contribution in [0.25, 0.3) is 0 Å². The predicted octanol–water partition coefficient (Wildman–Crippen LogP) is 1.40. The molecule has 142 valence electrons. The Balaban J connectivity index is 1.91. The Morgan fingerprint density at radius 3 is 2.69 bits per heavy atom. The first-order chi connectivity index (χ1) is 12.4. The SMILES string of the molecule is CCc1cc(N2CCC[C@@H](c3nn(C)c(=O)n3CC)C2)nc(N(C)C)n1. The van der Waals surface area contributed by atoms with Crippen molar-refractivity contribution in [3.63, 3.8) is 0 Å². The van der Waals surface area contributed by atoms with E-state index < -0.39 is 0 Å². The van der Waals surface area contributed by atoms with Gasteiger partial charge >= 0.3 is 5.69 Å². The number of hydrogen-bond donors (Lipinski definition) is 0. The molecule has 8 heteroatoms. The maximum atomic E-state index is 12.2. The largest absolute Gasteiger partial charge is 0.356 e. The highest BCUT2D eigenvalue weighted by molar-refractivity contribution is 5.46. The quantitative estimate of drug-likeness (QED) is 0.804. The monoisotopic (exact) mass is 359 g/mol. The highest BCUT2D eigenvalue weighted by atomic mass is 16.2. The van der Waals surface area contributed by atoms with Gasteiger partial charge < -0.3 is 9.80 Å². The van der Waals surface area contributed by atoms with Crippen LogP contribution in [0.15, 0.2) is 10.9 Å². The lowest BCUT2D eigenvalue weighted by molar-refractivity contribution is 0.468. The molecule has 1 aliphatic heterocycles. The van der Waals surface area contributed by atoms with Gasteiger partial charge in [-0.3, -0.25) is 4.57 Å². The lowest BCUT2D eigenvalue weighted by Crippen LogP contribution is -2.37. The Kier molecular flexibility index (Phi) is 5.29. The Morgan fingerprint density at radius 1 is 1.27 bits per heavy atom. The van der Waals surface area contributed by atoms with Gasteiger partial charge in [0.05, 0.1) is 0 Å². The molecular formula is C18H29N7O. The van der Waals surface area contributed by atoms with Crippen LogP contribution in [0.3, 0.4) is 0 Å². The smallest absolute Gasteiger partial charge is 0.345 e. The molecule has 26 heavy (non-hydrogen) atoms. The summed E-state index contributed by atoms with van der Waals surface area (Å²) in [6.45, 7) is 6.54. The third kappa shape index (κ3) is 3.45. The first-order valence-corrected chi connectivity index (χ1v) is 9.38. The van der Waals surface area contributed by atoms with E-state index in [1.54, 1.807) is 11.6 Å². The van der Waals surface area contributed by atoms with E-state index in [-0.39, 0.29) is 11.6 Å². The van der Waals surface area contributed by atoms with Gasteiger partial charge in [0.1, 0.15) is 11.6 Å². The molecule has 1 saturated heterocycles. The topological polar surface area (TPSA) is 72.1 Å². The van der Waals surface area contributed by atoms with E-state index in [2.05, 4.69) is 28.0 Å². The van der Waals surface area contributed by atoms with Crippen LogP contribution in [-0.2, 0) is 20.0 Å². The van der Waals surface area contributed by atoms with Crippen LogP contribution < -0.4 is 15.5 Å². The molecule has 0 bridgehead atoms. The van der Waals surface area contributed by atoms with Crippen molar-refractivity contribution >= 4 is 11.8 Å². The second kappa shape index (κ2) is 7.47. The van der Waals surface area contributed by atoms with E-state index >= 15 is 0 Å². The Labute approximate surface area is 154 Å². The van der Waals surface area contributed by atoms with E-state index in [1.165, 1.54) is 4.68 Å². The van der Waals surface area contributed by atoms with Crippen molar-refractivity contribution in [2.75, 3.05) is 37.0 Å². The summed E-state index contributed by atoms with van der Waals surface area (Å²) < 4.78 is 3.23. The number of rotatable bonds is 5. The van der Waals surface area contributed by atoms with Crippen molar-refractivity contribution in [2.24, 2.45) is 7.05 Å². The van der Waals surface area contributed by atoms with Gasteiger partial charge in [0.2, 0.25) is 5.95 Å². The zero-order valence-electron chi connectivity index (χ0n) is 16.4. The van der Waals surface area contributed by atoms with Crippen LogP contribution in [0.5, 0.6) is 0 Å². The highest BCUT2D eigenvalue weighted by Gasteiger charge is 2.27. The Hall–Kier alpha value is -2.38. The summed E-state index contributed by atoms with van der Waals surface area (Å²) in [6, 6.07) is 2.08. The van der Waals surface area contributed by atoms with Gasteiger partial charge in [0.15, 0.2) is 0 Å². The van der Waals surface area contributed by atoms with Crippen molar-refractivity contribution < 1.29 is 0 Å². The summed E-state index contributed by atoms with van der Waals surface area (Å²) in [7, 11) is 5.65. The minimum absolute atomic E-state index is 0.0372. The molecule has 0 N–H and O–H groups in total. The molecule has 0 aliphatic carbocycles. The number of aromatic nitrogens is 5. The second-order valence-corrected chi connectivity index (χ2v) is 7.06. The lowest BCUT2D eigenvalue weighted by Gasteiger charge is -2.33. The van der Waals surface area contributed by atoms with Crippen molar-refractivity contribution in [1.82, 2.24) is 24.3 Å². The maximum absolute atomic E-state index is 12.2. The fourth-order valence-electron chi connectivity index (χ4n) is 3.53. The molecule has 0 saturated carbocycles. The van der Waals surface area contributed by atoms with Gasteiger partial charge in [-0.15, -0.1) is 0 Å². The standard InChI is InChI=1S/C18H29N7O/c1-6-14-11-15(20-17(19-14)22(3)4)24-10-8-9-13(12-24)16-21-23(5)18(26)25(16)7-2/h11,13H,6-10,12H2,1-5H3/t13-/m1/s1. The number of nitrogens with zero attached hydrogens (tertiary/aromatic N) is 7. The fourth-order valence-corrected chi connectivity index (χ4v) is 3.53. The zero-order chi connectivity index (χ0) is 18.8. The van der Waals surface area contributed by atoms with Gasteiger partial charge in [-0.1, -0.05) is 6.92 Å². The normalized spacial score (nSPS) is 17.6. The average Bonchev–Trinajstić information content (AvgIpc) is 2.95. The van der Waals surface area contributed by atoms with Crippen LogP contribution in [0.4, 0.5) is 11.8 Å². The fraction of sp³-hybridized carbons (Fsp3) is 0.667. The summed E-state index contributed by atoms with van der Waals surface area (Å²) in [6.07, 6.45) is 2.98. The summed E-state index contributed by atoms with van der Waals surface area (Å²) >= 11 is 0. The van der Waals surface area contributed by atoms with E-state index in [4.69, 9.17) is 4.98 Å². The predicted molar refractivity (Wildman–Crippen MR) is 103 cm³/mol. The molecule has 1 atom stereocenters. The van der Waals surface area contributed by atoms with Crippen LogP contribution in [0.2, 0.25) is 0 Å². The van der Waals surface area contributed by atoms with Gasteiger partial charge in [-0.2, -0.15) is 10.1 Å². The van der Waals surface area contributed by atoms with E-state index in [9.17, 15) is 4.79 Å². The summed E-state index contributed by atoms with van der Waals surface area (Å²) in [4.78, 5) is 25.8. The molecule has 0 spiro atoms. The molecule has 8 nitrogen and oxygen atoms in total. The first kappa shape index (κ1) is 18.4. The lowest BCUT2D eigenvalue weighted by atomic mass is 9.97. The maximum Gasteiger partial charge on any atom is 0.345 e. The van der Waals surface area contributed by atoms with Crippen molar-refractivity contribution in [3.05, 3.63) is 28.1 Å². The number of aryl methyl sites for hydroxylation is 2. The summed E-state index contributed by atoms with van der Waals surface area (Å²) in [5.74, 6) is 2.83. The Bertz CT molecular complexity index is 823. The number of piperidine rings is 1. The minimum atomic E-state index is -0.0372. The molecule has 1 fully saturated rings. The van der Waals surface area contributed by atoms with Gasteiger partial charge in [-0.05, 0) is 26.2 Å². The van der Waals surface area contributed by atoms with Crippen molar-refractivity contribution in [3.8, 4) is 0 Å². The molecule has 2 aromatic heterocycles. The van der Waals surface area contributed by atoms with Crippen LogP contribution in [0, 0.1) is 0 Å². The minimum Gasteiger partial charge on any atom is -0.356 e. The molecule has 0 amide bonds. The van der Waals surface area contributed by atoms with Crippen LogP contribution in [0.1, 0.15) is 44.1 Å². The summed E-state index contributed by atoms with van der Waals surface area (Å²) in [5.41, 5.74) is 1.01. The molecule has 3 rings (SSSR count). The highest BCUT2D eigenvalue weighted by Crippen LogP contribution is 2.29. The van der Waals surface area contributed by atoms with Gasteiger partial charge in [0.25, 0.3) is 0 Å². The third-order valence-corrected chi connectivity index (χ3v) is 4.98. The number of anilines is 2. The third-order valence-electron chi connectivity index (χ3n) is 4.98. The zero-order valence-corrected chi connectivity index (χ0v) is 16.4. The molecule has 0 aromatic carbocycles. The van der Waals surface area contributed by atoms with Crippen LogP contribution in [-0.4, -0.2) is 51.5 Å². The second-order valence-electron chi connectivity index (χ2n) is 7.06. The molecule has 3 heterocycles. The van der Waals surface area contributed by atoms with Crippen LogP contribution >= 0.6 is 0 Å². The van der Waals surface area contributed by atoms with Gasteiger partial charge in [0, 0.05) is 58.5 Å². The van der Waals surface area contributed by atoms with Crippen molar-refractivity contribution in [1.29, 1.82) is 0 Å². The molecule has 2 aromatic rings. The average molecular weight is 359 g/mol. The molecule has 0 radical (unpaired) electrons. The van der Waals surface area contributed by atoms with Gasteiger partial charge in [-0.25, -0.2) is 14.5 Å². The van der Waals surface area contributed by atoms with E-state index in [0.29, 0.717) is 6.54 Å². The van der Waals surface area contributed by atoms with Crippen molar-refractivity contribution in [2.45, 2.75) is 45.6 Å². The van der Waals surface area contributed by atoms with E-state index in [1.807, 2.05) is 25.9 Å². The number of hydrogen-bond acceptors (Lipinski definition) is 6. The Morgan fingerprint density at radius 2 is 2.04 bits per heavy atom. The summed E-state index contributed by atoms with van der Waals surface area (Å²) in [5, 5.41) is 4.51. The molecule has 0 unspecified atom stereocenters. The van der Waals surface area contributed by atoms with E-state index in [0.717, 1.165) is 55.6 Å². The molecule has 1 aliphatic rings.